The maximum Gasteiger partial charge on any atom is 0.180 e. The van der Waals surface area contributed by atoms with Crippen LogP contribution in [-0.4, -0.2) is 26.5 Å². The number of H-pyrrole nitrogens is 1. The van der Waals surface area contributed by atoms with Crippen molar-refractivity contribution in [2.45, 2.75) is 6.42 Å². The van der Waals surface area contributed by atoms with Crippen LogP contribution in [0.25, 0.3) is 33.7 Å². The van der Waals surface area contributed by atoms with E-state index in [4.69, 9.17) is 9.97 Å². The Bertz CT molecular complexity index is 1200. The zero-order valence-electron chi connectivity index (χ0n) is 16.4. The third-order valence-corrected chi connectivity index (χ3v) is 5.07. The molecule has 5 nitrogen and oxygen atoms in total. The van der Waals surface area contributed by atoms with Gasteiger partial charge in [0, 0.05) is 41.5 Å². The van der Waals surface area contributed by atoms with Crippen molar-refractivity contribution in [3.63, 3.8) is 0 Å². The minimum atomic E-state index is 0.617. The molecule has 30 heavy (non-hydrogen) atoms. The lowest BCUT2D eigenvalue weighted by Gasteiger charge is -2.10. The minimum absolute atomic E-state index is 0.617. The topological polar surface area (TPSA) is 66.5 Å². The Morgan fingerprint density at radius 1 is 0.800 bits per heavy atom. The highest BCUT2D eigenvalue weighted by atomic mass is 15.0. The summed E-state index contributed by atoms with van der Waals surface area (Å²) in [6.45, 7) is 0.773. The monoisotopic (exact) mass is 391 g/mol. The van der Waals surface area contributed by atoms with E-state index in [1.807, 2.05) is 48.5 Å². The Kier molecular flexibility index (Phi) is 4.92. The normalized spacial score (nSPS) is 10.9. The first-order valence-electron chi connectivity index (χ1n) is 10.0. The van der Waals surface area contributed by atoms with Gasteiger partial charge in [-0.25, -0.2) is 9.97 Å². The molecule has 3 aromatic heterocycles. The summed E-state index contributed by atoms with van der Waals surface area (Å²) in [6.07, 6.45) is 4.74. The number of fused-ring (bicyclic) bond motifs is 1. The van der Waals surface area contributed by atoms with Crippen molar-refractivity contribution >= 4 is 16.7 Å². The molecule has 0 atom stereocenters. The lowest BCUT2D eigenvalue weighted by atomic mass is 10.1. The van der Waals surface area contributed by atoms with Crippen molar-refractivity contribution in [3.8, 4) is 22.8 Å². The number of hydrogen-bond donors (Lipinski definition) is 2. The summed E-state index contributed by atoms with van der Waals surface area (Å²) in [6, 6.07) is 26.3. The summed E-state index contributed by atoms with van der Waals surface area (Å²) in [7, 11) is 0. The second-order valence-electron chi connectivity index (χ2n) is 7.08. The van der Waals surface area contributed by atoms with Gasteiger partial charge in [0.25, 0.3) is 0 Å². The molecule has 0 unspecified atom stereocenters. The highest BCUT2D eigenvalue weighted by molar-refractivity contribution is 5.83. The second kappa shape index (κ2) is 8.17. The zero-order valence-corrected chi connectivity index (χ0v) is 16.4. The minimum Gasteiger partial charge on any atom is -0.370 e. The lowest BCUT2D eigenvalue weighted by molar-refractivity contribution is 1.01. The fraction of sp³-hybridized carbons (Fsp3) is 0.0800. The molecule has 0 spiro atoms. The molecule has 5 aromatic rings. The molecule has 0 aliphatic carbocycles. The number of rotatable bonds is 6. The van der Waals surface area contributed by atoms with E-state index in [0.29, 0.717) is 5.82 Å². The third-order valence-electron chi connectivity index (χ3n) is 5.07. The Balaban J connectivity index is 1.42. The second-order valence-corrected chi connectivity index (χ2v) is 7.08. The quantitative estimate of drug-likeness (QED) is 0.410. The van der Waals surface area contributed by atoms with Gasteiger partial charge < -0.3 is 10.3 Å². The molecule has 2 aromatic carbocycles. The van der Waals surface area contributed by atoms with E-state index in [9.17, 15) is 0 Å². The molecule has 0 amide bonds. The molecule has 5 rings (SSSR count). The standard InChI is InChI=1S/C25H21N5/c1-2-8-18(9-3-1)23-16-24(30-25(29-23)22-12-6-7-14-26-22)27-15-13-19-17-28-21-11-5-4-10-20(19)21/h1-12,14,16-17,28H,13,15H2,(H,27,29,30). The van der Waals surface area contributed by atoms with Gasteiger partial charge >= 0.3 is 0 Å². The van der Waals surface area contributed by atoms with E-state index in [0.717, 1.165) is 35.7 Å². The predicted molar refractivity (Wildman–Crippen MR) is 121 cm³/mol. The number of para-hydroxylation sites is 1. The maximum atomic E-state index is 4.75. The summed E-state index contributed by atoms with van der Waals surface area (Å²) < 4.78 is 0. The number of anilines is 1. The first kappa shape index (κ1) is 18.1. The van der Waals surface area contributed by atoms with E-state index in [-0.39, 0.29) is 0 Å². The number of benzene rings is 2. The number of nitrogens with one attached hydrogen (secondary N) is 2. The highest BCUT2D eigenvalue weighted by Gasteiger charge is 2.10. The lowest BCUT2D eigenvalue weighted by Crippen LogP contribution is -2.08. The fourth-order valence-corrected chi connectivity index (χ4v) is 3.57. The van der Waals surface area contributed by atoms with E-state index in [1.165, 1.54) is 16.5 Å². The average molecular weight is 391 g/mol. The third kappa shape index (κ3) is 3.78. The van der Waals surface area contributed by atoms with Crippen LogP contribution >= 0.6 is 0 Å². The summed E-state index contributed by atoms with van der Waals surface area (Å²) in [5.41, 5.74) is 5.14. The van der Waals surface area contributed by atoms with Gasteiger partial charge in [0.15, 0.2) is 5.82 Å². The summed E-state index contributed by atoms with van der Waals surface area (Å²) in [4.78, 5) is 17.2. The molecule has 0 radical (unpaired) electrons. The molecule has 0 aliphatic rings. The van der Waals surface area contributed by atoms with Crippen LogP contribution in [0.5, 0.6) is 0 Å². The predicted octanol–water partition coefficient (Wildman–Crippen LogP) is 5.34. The van der Waals surface area contributed by atoms with E-state index in [2.05, 4.69) is 51.8 Å². The highest BCUT2D eigenvalue weighted by Crippen LogP contribution is 2.24. The summed E-state index contributed by atoms with van der Waals surface area (Å²) in [5.74, 6) is 1.41. The van der Waals surface area contributed by atoms with Gasteiger partial charge in [-0.2, -0.15) is 0 Å². The van der Waals surface area contributed by atoms with Gasteiger partial charge in [-0.15, -0.1) is 0 Å². The largest absolute Gasteiger partial charge is 0.370 e. The molecule has 5 heteroatoms. The van der Waals surface area contributed by atoms with Crippen molar-refractivity contribution in [2.24, 2.45) is 0 Å². The molecule has 0 fully saturated rings. The summed E-state index contributed by atoms with van der Waals surface area (Å²) in [5, 5.41) is 4.74. The smallest absolute Gasteiger partial charge is 0.180 e. The van der Waals surface area contributed by atoms with Crippen molar-refractivity contribution in [1.82, 2.24) is 19.9 Å². The molecular weight excluding hydrogens is 370 g/mol. The molecule has 0 saturated carbocycles. The van der Waals surface area contributed by atoms with Crippen LogP contribution in [0, 0.1) is 0 Å². The average Bonchev–Trinajstić information content (AvgIpc) is 3.23. The number of hydrogen-bond acceptors (Lipinski definition) is 4. The number of nitrogens with zero attached hydrogens (tertiary/aromatic N) is 3. The maximum absolute atomic E-state index is 4.75. The van der Waals surface area contributed by atoms with Gasteiger partial charge in [-0.1, -0.05) is 54.6 Å². The Labute approximate surface area is 174 Å². The fourth-order valence-electron chi connectivity index (χ4n) is 3.57. The van der Waals surface area contributed by atoms with Crippen LogP contribution in [0.4, 0.5) is 5.82 Å². The SMILES string of the molecule is c1ccc(-c2cc(NCCc3c[nH]c4ccccc34)nc(-c3ccccn3)n2)cc1. The number of aromatic amines is 1. The molecular formula is C25H21N5. The van der Waals surface area contributed by atoms with Crippen LogP contribution < -0.4 is 5.32 Å². The first-order valence-corrected chi connectivity index (χ1v) is 10.0. The Hall–Kier alpha value is -3.99. The van der Waals surface area contributed by atoms with Crippen LogP contribution in [0.3, 0.4) is 0 Å². The Morgan fingerprint density at radius 2 is 1.63 bits per heavy atom. The molecule has 0 bridgehead atoms. The molecule has 3 heterocycles. The van der Waals surface area contributed by atoms with Crippen molar-refractivity contribution in [2.75, 3.05) is 11.9 Å². The first-order chi connectivity index (χ1) is 14.9. The van der Waals surface area contributed by atoms with Crippen molar-refractivity contribution in [1.29, 1.82) is 0 Å². The van der Waals surface area contributed by atoms with Gasteiger partial charge in [-0.05, 0) is 30.2 Å². The van der Waals surface area contributed by atoms with Crippen LogP contribution in [-0.2, 0) is 6.42 Å². The van der Waals surface area contributed by atoms with Crippen LogP contribution in [0.15, 0.2) is 91.3 Å². The van der Waals surface area contributed by atoms with Gasteiger partial charge in [0.1, 0.15) is 11.5 Å². The van der Waals surface area contributed by atoms with Crippen molar-refractivity contribution in [3.05, 3.63) is 96.8 Å². The van der Waals surface area contributed by atoms with Gasteiger partial charge in [0.05, 0.1) is 5.69 Å². The molecule has 146 valence electrons. The zero-order chi connectivity index (χ0) is 20.2. The van der Waals surface area contributed by atoms with Gasteiger partial charge in [-0.3, -0.25) is 4.98 Å². The van der Waals surface area contributed by atoms with E-state index >= 15 is 0 Å². The van der Waals surface area contributed by atoms with Crippen LogP contribution in [0.2, 0.25) is 0 Å². The Morgan fingerprint density at radius 3 is 2.50 bits per heavy atom. The van der Waals surface area contributed by atoms with Crippen LogP contribution in [0.1, 0.15) is 5.56 Å². The number of pyridine rings is 1. The van der Waals surface area contributed by atoms with E-state index in [1.54, 1.807) is 6.20 Å². The molecule has 2 N–H and O–H groups in total. The molecule has 0 aliphatic heterocycles. The van der Waals surface area contributed by atoms with E-state index < -0.39 is 0 Å². The van der Waals surface area contributed by atoms with Gasteiger partial charge in [0.2, 0.25) is 0 Å². The summed E-state index contributed by atoms with van der Waals surface area (Å²) >= 11 is 0. The number of aromatic nitrogens is 4. The molecule has 0 saturated heterocycles. The van der Waals surface area contributed by atoms with Crippen molar-refractivity contribution < 1.29 is 0 Å².